The second-order valence-corrected chi connectivity index (χ2v) is 8.51. The monoisotopic (exact) mass is 464 g/mol. The summed E-state index contributed by atoms with van der Waals surface area (Å²) < 4.78 is 7.25. The van der Waals surface area contributed by atoms with Gasteiger partial charge in [-0.15, -0.1) is 12.4 Å². The van der Waals surface area contributed by atoms with E-state index in [0.29, 0.717) is 30.3 Å². The fourth-order valence-corrected chi connectivity index (χ4v) is 4.53. The van der Waals surface area contributed by atoms with E-state index >= 15 is 0 Å². The third-order valence-corrected chi connectivity index (χ3v) is 6.34. The standard InChI is InChI=1S/C22H25BrN2O2.ClH/c1-25-18-9-10-19(25)13-21(12-18)27-20-4-2-3-15(11-20)14-24-22(26)16-5-7-17(23)8-6-16;/h2-8,11,18-19,21H,9-10,12-14H2,1H3,(H,24,26);1H/t18-,19+,21?;. The third kappa shape index (κ3) is 4.88. The number of hydrogen-bond acceptors (Lipinski definition) is 3. The summed E-state index contributed by atoms with van der Waals surface area (Å²) in [5.74, 6) is 0.833. The van der Waals surface area contributed by atoms with E-state index in [2.05, 4.69) is 33.2 Å². The summed E-state index contributed by atoms with van der Waals surface area (Å²) in [5.41, 5.74) is 1.71. The van der Waals surface area contributed by atoms with Crippen LogP contribution in [-0.4, -0.2) is 36.0 Å². The average molecular weight is 466 g/mol. The third-order valence-electron chi connectivity index (χ3n) is 5.82. The van der Waals surface area contributed by atoms with Crippen LogP contribution >= 0.6 is 28.3 Å². The lowest BCUT2D eigenvalue weighted by Gasteiger charge is -2.36. The maximum absolute atomic E-state index is 12.3. The van der Waals surface area contributed by atoms with Gasteiger partial charge in [-0.2, -0.15) is 0 Å². The fourth-order valence-electron chi connectivity index (χ4n) is 4.26. The molecule has 150 valence electrons. The molecule has 4 rings (SSSR count). The number of amides is 1. The van der Waals surface area contributed by atoms with Crippen molar-refractivity contribution in [3.63, 3.8) is 0 Å². The lowest BCUT2D eigenvalue weighted by molar-refractivity contribution is 0.0661. The van der Waals surface area contributed by atoms with E-state index < -0.39 is 0 Å². The van der Waals surface area contributed by atoms with Gasteiger partial charge in [0.15, 0.2) is 0 Å². The summed E-state index contributed by atoms with van der Waals surface area (Å²) in [4.78, 5) is 14.8. The molecule has 2 aliphatic rings. The van der Waals surface area contributed by atoms with Crippen LogP contribution in [-0.2, 0) is 6.54 Å². The fraction of sp³-hybridized carbons (Fsp3) is 0.409. The number of piperidine rings is 1. The minimum Gasteiger partial charge on any atom is -0.490 e. The number of carbonyl (C=O) groups is 1. The molecule has 0 radical (unpaired) electrons. The maximum Gasteiger partial charge on any atom is 0.251 e. The summed E-state index contributed by atoms with van der Waals surface area (Å²) in [6.45, 7) is 0.491. The van der Waals surface area contributed by atoms with E-state index in [4.69, 9.17) is 4.74 Å². The van der Waals surface area contributed by atoms with Crippen LogP contribution in [0.5, 0.6) is 5.75 Å². The Hall–Kier alpha value is -1.56. The molecule has 28 heavy (non-hydrogen) atoms. The zero-order chi connectivity index (χ0) is 18.8. The van der Waals surface area contributed by atoms with Crippen LogP contribution in [0.25, 0.3) is 0 Å². The maximum atomic E-state index is 12.3. The number of nitrogens with one attached hydrogen (secondary N) is 1. The Morgan fingerprint density at radius 3 is 2.50 bits per heavy atom. The zero-order valence-corrected chi connectivity index (χ0v) is 18.3. The minimum atomic E-state index is -0.0688. The average Bonchev–Trinajstić information content (AvgIpc) is 2.88. The van der Waals surface area contributed by atoms with Crippen LogP contribution in [0, 0.1) is 0 Å². The second kappa shape index (κ2) is 9.29. The van der Waals surface area contributed by atoms with Gasteiger partial charge < -0.3 is 15.0 Å². The molecule has 6 heteroatoms. The topological polar surface area (TPSA) is 41.6 Å². The van der Waals surface area contributed by atoms with Crippen LogP contribution in [0.1, 0.15) is 41.6 Å². The molecule has 2 aromatic rings. The summed E-state index contributed by atoms with van der Waals surface area (Å²) >= 11 is 3.39. The first-order chi connectivity index (χ1) is 13.1. The van der Waals surface area contributed by atoms with Crippen LogP contribution < -0.4 is 10.1 Å². The minimum absolute atomic E-state index is 0. The molecule has 2 fully saturated rings. The molecule has 0 aromatic heterocycles. The molecule has 2 heterocycles. The Balaban J connectivity index is 0.00000225. The number of benzene rings is 2. The van der Waals surface area contributed by atoms with E-state index in [1.165, 1.54) is 12.8 Å². The lowest BCUT2D eigenvalue weighted by Crippen LogP contribution is -2.43. The van der Waals surface area contributed by atoms with Crippen LogP contribution in [0.4, 0.5) is 0 Å². The number of carbonyl (C=O) groups excluding carboxylic acids is 1. The van der Waals surface area contributed by atoms with Crippen molar-refractivity contribution < 1.29 is 9.53 Å². The van der Waals surface area contributed by atoms with Gasteiger partial charge in [0.05, 0.1) is 0 Å². The van der Waals surface area contributed by atoms with Crippen molar-refractivity contribution in [3.8, 4) is 5.75 Å². The largest absolute Gasteiger partial charge is 0.490 e. The van der Waals surface area contributed by atoms with Crippen molar-refractivity contribution in [2.45, 2.75) is 50.4 Å². The van der Waals surface area contributed by atoms with Gasteiger partial charge in [0.1, 0.15) is 11.9 Å². The number of fused-ring (bicyclic) bond motifs is 2. The molecule has 1 unspecified atom stereocenters. The second-order valence-electron chi connectivity index (χ2n) is 7.60. The number of nitrogens with zero attached hydrogens (tertiary/aromatic N) is 1. The SMILES string of the molecule is CN1[C@@H]2CC[C@H]1CC(Oc1cccc(CNC(=O)c3ccc(Br)cc3)c1)C2.Cl. The van der Waals surface area contributed by atoms with Gasteiger partial charge in [-0.25, -0.2) is 0 Å². The normalized spacial score (nSPS) is 23.7. The van der Waals surface area contributed by atoms with Gasteiger partial charge in [0, 0.05) is 28.7 Å². The molecule has 2 aliphatic heterocycles. The van der Waals surface area contributed by atoms with Crippen molar-refractivity contribution in [3.05, 3.63) is 64.1 Å². The van der Waals surface area contributed by atoms with Crippen molar-refractivity contribution >= 4 is 34.2 Å². The molecule has 0 spiro atoms. The predicted molar refractivity (Wildman–Crippen MR) is 117 cm³/mol. The molecular formula is C22H26BrClN2O2. The van der Waals surface area contributed by atoms with E-state index in [1.807, 2.05) is 48.5 Å². The molecule has 3 atom stereocenters. The van der Waals surface area contributed by atoms with Crippen LogP contribution in [0.3, 0.4) is 0 Å². The Morgan fingerprint density at radius 2 is 1.82 bits per heavy atom. The first-order valence-corrected chi connectivity index (χ1v) is 10.4. The van der Waals surface area contributed by atoms with E-state index in [-0.39, 0.29) is 18.3 Å². The van der Waals surface area contributed by atoms with Gasteiger partial charge in [-0.1, -0.05) is 28.1 Å². The van der Waals surface area contributed by atoms with Crippen molar-refractivity contribution in [1.29, 1.82) is 0 Å². The van der Waals surface area contributed by atoms with E-state index in [1.54, 1.807) is 0 Å². The molecule has 2 saturated heterocycles. The summed E-state index contributed by atoms with van der Waals surface area (Å²) in [7, 11) is 2.24. The van der Waals surface area contributed by atoms with Gasteiger partial charge in [0.25, 0.3) is 5.91 Å². The van der Waals surface area contributed by atoms with Crippen molar-refractivity contribution in [2.24, 2.45) is 0 Å². The van der Waals surface area contributed by atoms with E-state index in [9.17, 15) is 4.79 Å². The smallest absolute Gasteiger partial charge is 0.251 e. The molecule has 2 bridgehead atoms. The summed E-state index contributed by atoms with van der Waals surface area (Å²) in [6, 6.07) is 16.8. The zero-order valence-electron chi connectivity index (χ0n) is 15.9. The number of ether oxygens (including phenoxy) is 1. The van der Waals surface area contributed by atoms with Crippen molar-refractivity contribution in [1.82, 2.24) is 10.2 Å². The highest BCUT2D eigenvalue weighted by atomic mass is 79.9. The lowest BCUT2D eigenvalue weighted by atomic mass is 10.0. The number of halogens is 2. The van der Waals surface area contributed by atoms with Crippen LogP contribution in [0.2, 0.25) is 0 Å². The van der Waals surface area contributed by atoms with Gasteiger partial charge in [0.2, 0.25) is 0 Å². The highest BCUT2D eigenvalue weighted by Crippen LogP contribution is 2.36. The van der Waals surface area contributed by atoms with E-state index in [0.717, 1.165) is 28.6 Å². The molecular weight excluding hydrogens is 440 g/mol. The van der Waals surface area contributed by atoms with Crippen LogP contribution in [0.15, 0.2) is 53.0 Å². The molecule has 1 N–H and O–H groups in total. The molecule has 1 amide bonds. The molecule has 2 aromatic carbocycles. The molecule has 0 aliphatic carbocycles. The Morgan fingerprint density at radius 1 is 1.14 bits per heavy atom. The summed E-state index contributed by atoms with van der Waals surface area (Å²) in [5, 5.41) is 2.98. The quantitative estimate of drug-likeness (QED) is 0.689. The van der Waals surface area contributed by atoms with Gasteiger partial charge in [-0.3, -0.25) is 4.79 Å². The van der Waals surface area contributed by atoms with Gasteiger partial charge in [-0.05, 0) is 74.7 Å². The number of hydrogen-bond donors (Lipinski definition) is 1. The van der Waals surface area contributed by atoms with Gasteiger partial charge >= 0.3 is 0 Å². The Labute approximate surface area is 181 Å². The first-order valence-electron chi connectivity index (χ1n) is 9.60. The highest BCUT2D eigenvalue weighted by Gasteiger charge is 2.39. The molecule has 0 saturated carbocycles. The highest BCUT2D eigenvalue weighted by molar-refractivity contribution is 9.10. The Kier molecular flexibility index (Phi) is 7.02. The predicted octanol–water partition coefficient (Wildman–Crippen LogP) is 4.80. The van der Waals surface area contributed by atoms with Crippen molar-refractivity contribution in [2.75, 3.05) is 7.05 Å². The molecule has 4 nitrogen and oxygen atoms in total. The summed E-state index contributed by atoms with van der Waals surface area (Å²) in [6.07, 6.45) is 5.10. The number of rotatable bonds is 5. The first kappa shape index (κ1) is 21.2. The Bertz CT molecular complexity index is 800.